The van der Waals surface area contributed by atoms with Gasteiger partial charge in [0.05, 0.1) is 33.8 Å². The summed E-state index contributed by atoms with van der Waals surface area (Å²) in [5.41, 5.74) is 1.02. The second-order valence-corrected chi connectivity index (χ2v) is 5.89. The number of nitrogens with zero attached hydrogens (tertiary/aromatic N) is 1. The third-order valence-electron chi connectivity index (χ3n) is 2.81. The van der Waals surface area contributed by atoms with Gasteiger partial charge in [-0.15, -0.1) is 0 Å². The summed E-state index contributed by atoms with van der Waals surface area (Å²) in [6.45, 7) is 0. The lowest BCUT2D eigenvalue weighted by Crippen LogP contribution is -2.14. The molecule has 0 amide bonds. The van der Waals surface area contributed by atoms with Crippen molar-refractivity contribution in [3.05, 3.63) is 56.4 Å². The van der Waals surface area contributed by atoms with Gasteiger partial charge in [-0.1, -0.05) is 30.3 Å². The van der Waals surface area contributed by atoms with Crippen LogP contribution >= 0.6 is 45.5 Å². The molecular formula is C13H7I2NO. The van der Waals surface area contributed by atoms with Crippen molar-refractivity contribution in [3.63, 3.8) is 0 Å². The average molecular weight is 447 g/mol. The van der Waals surface area contributed by atoms with Crippen LogP contribution in [-0.2, 0) is 0 Å². The normalized spacial score (nSPS) is 11.2. The van der Waals surface area contributed by atoms with E-state index in [9.17, 15) is 4.79 Å². The zero-order valence-electron chi connectivity index (χ0n) is 8.65. The number of benzene rings is 2. The second kappa shape index (κ2) is 4.24. The van der Waals surface area contributed by atoms with Crippen LogP contribution in [0.1, 0.15) is 0 Å². The summed E-state index contributed by atoms with van der Waals surface area (Å²) in [7, 11) is 0. The summed E-state index contributed by atoms with van der Waals surface area (Å²) < 4.78 is 2.69. The highest BCUT2D eigenvalue weighted by molar-refractivity contribution is 14.1. The monoisotopic (exact) mass is 447 g/mol. The number of aromatic nitrogens is 1. The Bertz CT molecular complexity index is 792. The minimum Gasteiger partial charge on any atom is -0.268 e. The van der Waals surface area contributed by atoms with Crippen LogP contribution in [0.15, 0.2) is 47.3 Å². The molecule has 0 N–H and O–H groups in total. The topological polar surface area (TPSA) is 22.0 Å². The molecule has 0 aliphatic rings. The van der Waals surface area contributed by atoms with Gasteiger partial charge in [0, 0.05) is 8.96 Å². The molecule has 1 heterocycles. The number of para-hydroxylation sites is 1. The molecule has 0 fully saturated rings. The third kappa shape index (κ3) is 1.69. The fourth-order valence-electron chi connectivity index (χ4n) is 2.05. The predicted octanol–water partition coefficient (Wildman–Crippen LogP) is 3.96. The molecule has 0 bridgehead atoms. The zero-order valence-corrected chi connectivity index (χ0v) is 13.0. The summed E-state index contributed by atoms with van der Waals surface area (Å²) in [5.74, 6) is 0. The van der Waals surface area contributed by atoms with E-state index in [1.807, 2.05) is 36.4 Å². The van der Waals surface area contributed by atoms with Gasteiger partial charge < -0.3 is 0 Å². The first kappa shape index (κ1) is 11.5. The SMILES string of the molecule is O=c1c2c(I)cccc2c2ccccc2n1I. The van der Waals surface area contributed by atoms with Crippen LogP contribution in [0.25, 0.3) is 21.7 Å². The van der Waals surface area contributed by atoms with Gasteiger partial charge in [0.15, 0.2) is 0 Å². The van der Waals surface area contributed by atoms with Crippen LogP contribution < -0.4 is 5.56 Å². The molecule has 17 heavy (non-hydrogen) atoms. The first-order valence-corrected chi connectivity index (χ1v) is 7.12. The molecule has 3 rings (SSSR count). The molecule has 2 aromatic carbocycles. The summed E-state index contributed by atoms with van der Waals surface area (Å²) in [6, 6.07) is 14.0. The molecule has 1 aromatic heterocycles. The summed E-state index contributed by atoms with van der Waals surface area (Å²) in [4.78, 5) is 12.3. The third-order valence-corrected chi connectivity index (χ3v) is 4.67. The molecule has 0 aliphatic carbocycles. The Morgan fingerprint density at radius 1 is 0.941 bits per heavy atom. The molecule has 0 saturated heterocycles. The summed E-state index contributed by atoms with van der Waals surface area (Å²) in [5, 5.41) is 2.96. The van der Waals surface area contributed by atoms with Gasteiger partial charge in [-0.3, -0.25) is 4.79 Å². The molecule has 0 radical (unpaired) electrons. The first-order chi connectivity index (χ1) is 8.20. The van der Waals surface area contributed by atoms with Crippen molar-refractivity contribution in [1.82, 2.24) is 2.78 Å². The van der Waals surface area contributed by atoms with Crippen molar-refractivity contribution in [2.45, 2.75) is 0 Å². The molecule has 0 aliphatic heterocycles. The van der Waals surface area contributed by atoms with Gasteiger partial charge in [-0.2, -0.15) is 0 Å². The van der Waals surface area contributed by atoms with Crippen LogP contribution in [0.3, 0.4) is 0 Å². The van der Waals surface area contributed by atoms with Crippen LogP contribution in [0, 0.1) is 3.57 Å². The lowest BCUT2D eigenvalue weighted by Gasteiger charge is -2.08. The number of halogens is 2. The van der Waals surface area contributed by atoms with Gasteiger partial charge in [0.2, 0.25) is 0 Å². The van der Waals surface area contributed by atoms with Crippen molar-refractivity contribution in [2.24, 2.45) is 0 Å². The lowest BCUT2D eigenvalue weighted by atomic mass is 10.1. The van der Waals surface area contributed by atoms with E-state index in [0.29, 0.717) is 0 Å². The van der Waals surface area contributed by atoms with E-state index < -0.39 is 0 Å². The lowest BCUT2D eigenvalue weighted by molar-refractivity contribution is 1.30. The van der Waals surface area contributed by atoms with Crippen LogP contribution in [-0.4, -0.2) is 2.78 Å². The van der Waals surface area contributed by atoms with Crippen molar-refractivity contribution in [3.8, 4) is 0 Å². The minimum atomic E-state index is 0.0595. The van der Waals surface area contributed by atoms with E-state index in [1.54, 1.807) is 2.78 Å². The Morgan fingerprint density at radius 2 is 1.65 bits per heavy atom. The number of hydrogen-bond donors (Lipinski definition) is 0. The van der Waals surface area contributed by atoms with Gasteiger partial charge in [-0.25, -0.2) is 2.78 Å². The highest BCUT2D eigenvalue weighted by Crippen LogP contribution is 2.26. The van der Waals surface area contributed by atoms with E-state index in [1.165, 1.54) is 0 Å². The molecule has 3 aromatic rings. The molecule has 0 unspecified atom stereocenters. The van der Waals surface area contributed by atoms with Gasteiger partial charge in [-0.05, 0) is 40.1 Å². The van der Waals surface area contributed by atoms with E-state index in [2.05, 4.69) is 51.5 Å². The number of pyridine rings is 1. The first-order valence-electron chi connectivity index (χ1n) is 5.08. The van der Waals surface area contributed by atoms with Crippen molar-refractivity contribution in [2.75, 3.05) is 0 Å². The van der Waals surface area contributed by atoms with Crippen molar-refractivity contribution in [1.29, 1.82) is 0 Å². The molecule has 84 valence electrons. The Kier molecular flexibility index (Phi) is 2.86. The number of rotatable bonds is 0. The Morgan fingerprint density at radius 3 is 2.47 bits per heavy atom. The Balaban J connectivity index is 2.76. The van der Waals surface area contributed by atoms with E-state index in [4.69, 9.17) is 0 Å². The van der Waals surface area contributed by atoms with E-state index in [-0.39, 0.29) is 5.56 Å². The van der Waals surface area contributed by atoms with Crippen LogP contribution in [0.4, 0.5) is 0 Å². The Hall–Kier alpha value is -0.630. The second-order valence-electron chi connectivity index (χ2n) is 3.77. The van der Waals surface area contributed by atoms with Crippen molar-refractivity contribution < 1.29 is 0 Å². The maximum Gasteiger partial charge on any atom is 0.268 e. The molecule has 0 saturated carbocycles. The molecule has 0 spiro atoms. The number of fused-ring (bicyclic) bond motifs is 3. The minimum absolute atomic E-state index is 0.0595. The highest BCUT2D eigenvalue weighted by atomic mass is 127. The fraction of sp³-hybridized carbons (Fsp3) is 0. The predicted molar refractivity (Wildman–Crippen MR) is 87.8 cm³/mol. The summed E-state index contributed by atoms with van der Waals surface area (Å²) in [6.07, 6.45) is 0. The van der Waals surface area contributed by atoms with Gasteiger partial charge in [0.1, 0.15) is 0 Å². The van der Waals surface area contributed by atoms with E-state index >= 15 is 0 Å². The van der Waals surface area contributed by atoms with Gasteiger partial charge in [0.25, 0.3) is 5.56 Å². The average Bonchev–Trinajstić information content (AvgIpc) is 2.36. The largest absolute Gasteiger partial charge is 0.268 e. The highest BCUT2D eigenvalue weighted by Gasteiger charge is 2.10. The van der Waals surface area contributed by atoms with Crippen LogP contribution in [0.5, 0.6) is 0 Å². The molecule has 4 heteroatoms. The number of hydrogen-bond acceptors (Lipinski definition) is 1. The quantitative estimate of drug-likeness (QED) is 0.378. The molecular weight excluding hydrogens is 440 g/mol. The zero-order chi connectivity index (χ0) is 12.0. The fourth-order valence-corrected chi connectivity index (χ4v) is 3.44. The molecule has 2 nitrogen and oxygen atoms in total. The van der Waals surface area contributed by atoms with Gasteiger partial charge >= 0.3 is 0 Å². The molecule has 0 atom stereocenters. The summed E-state index contributed by atoms with van der Waals surface area (Å²) >= 11 is 4.28. The van der Waals surface area contributed by atoms with Crippen molar-refractivity contribution >= 4 is 67.1 Å². The maximum atomic E-state index is 12.3. The maximum absolute atomic E-state index is 12.3. The van der Waals surface area contributed by atoms with E-state index in [0.717, 1.165) is 25.2 Å². The van der Waals surface area contributed by atoms with Crippen LogP contribution in [0.2, 0.25) is 0 Å². The Labute approximate surface area is 125 Å². The smallest absolute Gasteiger partial charge is 0.268 e. The standard InChI is InChI=1S/C13H7I2NO/c14-10-6-3-5-9-8-4-1-2-7-11(8)16(15)13(17)12(9)10/h1-7H.